The van der Waals surface area contributed by atoms with E-state index in [1.807, 2.05) is 30.3 Å². The average Bonchev–Trinajstić information content (AvgIpc) is 2.02. The largest absolute Gasteiger partial charge is 0.0843 e. The highest BCUT2D eigenvalue weighted by Gasteiger charge is 2.03. The van der Waals surface area contributed by atoms with E-state index in [4.69, 9.17) is 11.6 Å². The maximum Gasteiger partial charge on any atom is 0.0423 e. The van der Waals surface area contributed by atoms with Crippen LogP contribution in [0.3, 0.4) is 0 Å². The van der Waals surface area contributed by atoms with Crippen molar-refractivity contribution in [2.45, 2.75) is 0 Å². The second-order valence-electron chi connectivity index (χ2n) is 2.73. The van der Waals surface area contributed by atoms with Crippen LogP contribution in [0, 0.1) is 0 Å². The van der Waals surface area contributed by atoms with Gasteiger partial charge in [0.25, 0.3) is 0 Å². The fourth-order valence-electron chi connectivity index (χ4n) is 1.30. The third-order valence-electron chi connectivity index (χ3n) is 1.84. The number of hydrogen-bond donors (Lipinski definition) is 0. The Labute approximate surface area is 98.2 Å². The van der Waals surface area contributed by atoms with Gasteiger partial charge < -0.3 is 0 Å². The molecule has 3 heteroatoms. The highest BCUT2D eigenvalue weighted by atomic mass is 79.9. The minimum atomic E-state index is 0.748. The Bertz CT molecular complexity index is 466. The van der Waals surface area contributed by atoms with Crippen LogP contribution in [0.1, 0.15) is 0 Å². The molecule has 2 aromatic carbocycles. The molecule has 0 aliphatic heterocycles. The van der Waals surface area contributed by atoms with Crippen molar-refractivity contribution in [3.05, 3.63) is 44.3 Å². The fraction of sp³-hybridized carbons (Fsp3) is 0. The molecular formula is C10H5Br2Cl. The van der Waals surface area contributed by atoms with Crippen molar-refractivity contribution in [2.24, 2.45) is 0 Å². The minimum absolute atomic E-state index is 0.748. The van der Waals surface area contributed by atoms with Gasteiger partial charge in [-0.25, -0.2) is 0 Å². The smallest absolute Gasteiger partial charge is 0.0423 e. The third-order valence-corrected chi connectivity index (χ3v) is 3.35. The van der Waals surface area contributed by atoms with Crippen LogP contribution in [0.4, 0.5) is 0 Å². The lowest BCUT2D eigenvalue weighted by atomic mass is 10.1. The second-order valence-corrected chi connectivity index (χ2v) is 4.87. The first-order chi connectivity index (χ1) is 6.18. The summed E-state index contributed by atoms with van der Waals surface area (Å²) in [6, 6.07) is 9.90. The zero-order chi connectivity index (χ0) is 9.42. The normalized spacial score (nSPS) is 10.7. The minimum Gasteiger partial charge on any atom is -0.0843 e. The van der Waals surface area contributed by atoms with Gasteiger partial charge in [0, 0.05) is 19.4 Å². The van der Waals surface area contributed by atoms with E-state index in [0.717, 1.165) is 24.7 Å². The monoisotopic (exact) mass is 318 g/mol. The molecule has 0 bridgehead atoms. The lowest BCUT2D eigenvalue weighted by Crippen LogP contribution is -1.76. The maximum absolute atomic E-state index is 5.93. The molecule has 66 valence electrons. The fourth-order valence-corrected chi connectivity index (χ4v) is 3.21. The topological polar surface area (TPSA) is 0 Å². The third kappa shape index (κ3) is 1.76. The zero-order valence-electron chi connectivity index (χ0n) is 6.52. The first kappa shape index (κ1) is 9.50. The van der Waals surface area contributed by atoms with E-state index in [-0.39, 0.29) is 0 Å². The number of benzene rings is 2. The van der Waals surface area contributed by atoms with E-state index in [2.05, 4.69) is 31.9 Å². The average molecular weight is 320 g/mol. The van der Waals surface area contributed by atoms with E-state index in [0.29, 0.717) is 0 Å². The van der Waals surface area contributed by atoms with E-state index in [1.54, 1.807) is 0 Å². The molecule has 0 heterocycles. The molecule has 13 heavy (non-hydrogen) atoms. The Kier molecular flexibility index (Phi) is 2.63. The molecule has 0 saturated carbocycles. The summed E-state index contributed by atoms with van der Waals surface area (Å²) in [5, 5.41) is 3.04. The molecule has 2 rings (SSSR count). The Morgan fingerprint density at radius 1 is 1.00 bits per heavy atom. The van der Waals surface area contributed by atoms with Crippen LogP contribution in [-0.2, 0) is 0 Å². The van der Waals surface area contributed by atoms with Gasteiger partial charge in [0.1, 0.15) is 0 Å². The van der Waals surface area contributed by atoms with Crippen molar-refractivity contribution in [3.8, 4) is 0 Å². The molecule has 0 saturated heterocycles. The van der Waals surface area contributed by atoms with Crippen LogP contribution in [0.5, 0.6) is 0 Å². The maximum atomic E-state index is 5.93. The van der Waals surface area contributed by atoms with E-state index >= 15 is 0 Å². The molecule has 0 fully saturated rings. The number of fused-ring (bicyclic) bond motifs is 1. The summed E-state index contributed by atoms with van der Waals surface area (Å²) < 4.78 is 2.09. The number of hydrogen-bond acceptors (Lipinski definition) is 0. The van der Waals surface area contributed by atoms with Crippen molar-refractivity contribution in [3.63, 3.8) is 0 Å². The summed E-state index contributed by atoms with van der Waals surface area (Å²) in [6.07, 6.45) is 0. The molecular weight excluding hydrogens is 315 g/mol. The molecule has 0 spiro atoms. The van der Waals surface area contributed by atoms with Crippen LogP contribution in [-0.4, -0.2) is 0 Å². The predicted molar refractivity (Wildman–Crippen MR) is 64.4 cm³/mol. The van der Waals surface area contributed by atoms with Gasteiger partial charge in [0.05, 0.1) is 0 Å². The van der Waals surface area contributed by atoms with Gasteiger partial charge in [-0.2, -0.15) is 0 Å². The van der Waals surface area contributed by atoms with Gasteiger partial charge in [-0.1, -0.05) is 55.6 Å². The molecule has 0 aromatic heterocycles. The van der Waals surface area contributed by atoms with Crippen LogP contribution < -0.4 is 0 Å². The first-order valence-electron chi connectivity index (χ1n) is 3.72. The summed E-state index contributed by atoms with van der Waals surface area (Å²) in [5.74, 6) is 0. The predicted octanol–water partition coefficient (Wildman–Crippen LogP) is 5.02. The van der Waals surface area contributed by atoms with Gasteiger partial charge in [0.2, 0.25) is 0 Å². The summed E-state index contributed by atoms with van der Waals surface area (Å²) >= 11 is 12.9. The molecule has 0 aliphatic rings. The summed E-state index contributed by atoms with van der Waals surface area (Å²) in [4.78, 5) is 0. The Morgan fingerprint density at radius 2 is 1.77 bits per heavy atom. The highest BCUT2D eigenvalue weighted by Crippen LogP contribution is 2.33. The quantitative estimate of drug-likeness (QED) is 0.639. The molecule has 0 N–H and O–H groups in total. The Balaban J connectivity index is 2.94. The van der Waals surface area contributed by atoms with Gasteiger partial charge in [-0.3, -0.25) is 0 Å². The van der Waals surface area contributed by atoms with Crippen molar-refractivity contribution >= 4 is 54.2 Å². The van der Waals surface area contributed by atoms with Crippen LogP contribution >= 0.6 is 43.5 Å². The first-order valence-corrected chi connectivity index (χ1v) is 5.68. The van der Waals surface area contributed by atoms with Crippen LogP contribution in [0.15, 0.2) is 39.3 Å². The molecule has 0 nitrogen and oxygen atoms in total. The Morgan fingerprint density at radius 3 is 2.54 bits per heavy atom. The van der Waals surface area contributed by atoms with Gasteiger partial charge in [0.15, 0.2) is 0 Å². The SMILES string of the molecule is Clc1cc(Br)c2c(Br)cccc2c1. The molecule has 0 amide bonds. The second kappa shape index (κ2) is 3.60. The zero-order valence-corrected chi connectivity index (χ0v) is 10.4. The lowest BCUT2D eigenvalue weighted by Gasteiger charge is -2.03. The van der Waals surface area contributed by atoms with Crippen molar-refractivity contribution in [1.29, 1.82) is 0 Å². The lowest BCUT2D eigenvalue weighted by molar-refractivity contribution is 1.67. The van der Waals surface area contributed by atoms with Crippen molar-refractivity contribution in [2.75, 3.05) is 0 Å². The Hall–Kier alpha value is -0.0500. The molecule has 2 aromatic rings. The van der Waals surface area contributed by atoms with E-state index in [1.165, 1.54) is 0 Å². The van der Waals surface area contributed by atoms with E-state index < -0.39 is 0 Å². The molecule has 0 atom stereocenters. The van der Waals surface area contributed by atoms with Gasteiger partial charge in [-0.15, -0.1) is 0 Å². The standard InChI is InChI=1S/C10H5Br2Cl/c11-8-3-1-2-6-4-7(13)5-9(12)10(6)8/h1-5H. The van der Waals surface area contributed by atoms with Crippen LogP contribution in [0.2, 0.25) is 5.02 Å². The van der Waals surface area contributed by atoms with Crippen molar-refractivity contribution < 1.29 is 0 Å². The van der Waals surface area contributed by atoms with Gasteiger partial charge >= 0.3 is 0 Å². The van der Waals surface area contributed by atoms with E-state index in [9.17, 15) is 0 Å². The summed E-state index contributed by atoms with van der Waals surface area (Å²) in [6.45, 7) is 0. The van der Waals surface area contributed by atoms with Gasteiger partial charge in [-0.05, 0) is 23.6 Å². The van der Waals surface area contributed by atoms with Crippen LogP contribution in [0.25, 0.3) is 10.8 Å². The molecule has 0 radical (unpaired) electrons. The summed E-state index contributed by atoms with van der Waals surface area (Å²) in [5.41, 5.74) is 0. The highest BCUT2D eigenvalue weighted by molar-refractivity contribution is 9.11. The summed E-state index contributed by atoms with van der Waals surface area (Å²) in [7, 11) is 0. The number of rotatable bonds is 0. The molecule has 0 aliphatic carbocycles. The molecule has 0 unspecified atom stereocenters. The number of halogens is 3. The van der Waals surface area contributed by atoms with Crippen molar-refractivity contribution in [1.82, 2.24) is 0 Å².